The predicted octanol–water partition coefficient (Wildman–Crippen LogP) is 8.67. The summed E-state index contributed by atoms with van der Waals surface area (Å²) in [7, 11) is 0. The third-order valence-corrected chi connectivity index (χ3v) is 8.09. The number of aliphatic hydroxyl groups is 1. The Morgan fingerprint density at radius 2 is 1.03 bits per heavy atom. The molecule has 10 nitrogen and oxygen atoms in total. The molecule has 58 heavy (non-hydrogen) atoms. The van der Waals surface area contributed by atoms with Gasteiger partial charge in [0.2, 0.25) is 5.78 Å². The third-order valence-electron chi connectivity index (χ3n) is 8.09. The molecule has 18 heteroatoms. The number of ether oxygens (including phenoxy) is 2. The van der Waals surface area contributed by atoms with Crippen molar-refractivity contribution in [3.05, 3.63) is 181 Å². The largest absolute Gasteiger partial charge is 0.573 e. The Hall–Kier alpha value is -7.21. The quantitative estimate of drug-likeness (QED) is 0.112. The van der Waals surface area contributed by atoms with Crippen molar-refractivity contribution in [2.45, 2.75) is 18.3 Å². The van der Waals surface area contributed by atoms with E-state index in [0.717, 1.165) is 24.3 Å². The maximum atomic E-state index is 14.7. The molecule has 0 aliphatic rings. The van der Waals surface area contributed by atoms with Crippen molar-refractivity contribution in [3.63, 3.8) is 0 Å². The molecule has 0 bridgehead atoms. The summed E-state index contributed by atoms with van der Waals surface area (Å²) in [6.07, 6.45) is 1.21. The van der Waals surface area contributed by atoms with E-state index in [-0.39, 0.29) is 39.8 Å². The number of benzene rings is 3. The van der Waals surface area contributed by atoms with Crippen LogP contribution in [0.4, 0.5) is 35.1 Å². The van der Waals surface area contributed by atoms with E-state index in [0.29, 0.717) is 33.9 Å². The van der Waals surface area contributed by atoms with Crippen LogP contribution in [0.1, 0.15) is 32.9 Å². The summed E-state index contributed by atoms with van der Waals surface area (Å²) in [6.45, 7) is 0. The zero-order valence-electron chi connectivity index (χ0n) is 29.2. The van der Waals surface area contributed by atoms with Crippen LogP contribution >= 0.6 is 0 Å². The van der Waals surface area contributed by atoms with Crippen LogP contribution in [0.3, 0.4) is 0 Å². The van der Waals surface area contributed by atoms with Gasteiger partial charge in [-0.25, -0.2) is 28.7 Å². The molecule has 3 aromatic carbocycles. The summed E-state index contributed by atoms with van der Waals surface area (Å²) in [4.78, 5) is 35.8. The van der Waals surface area contributed by atoms with Gasteiger partial charge in [0.15, 0.2) is 5.60 Å². The Kier molecular flexibility index (Phi) is 11.8. The van der Waals surface area contributed by atoms with E-state index >= 15 is 0 Å². The van der Waals surface area contributed by atoms with Crippen molar-refractivity contribution in [2.75, 3.05) is 0 Å². The number of nitrogens with zero attached hydrogens (tertiary/aromatic N) is 6. The lowest BCUT2D eigenvalue weighted by Gasteiger charge is -2.28. The van der Waals surface area contributed by atoms with Crippen molar-refractivity contribution in [2.24, 2.45) is 0 Å². The number of aromatic nitrogens is 6. The summed E-state index contributed by atoms with van der Waals surface area (Å²) in [6, 6.07) is 19.4. The first-order chi connectivity index (χ1) is 27.6. The SMILES string of the molecule is O=C(c1cncnc1)c1ccc(-c2ccc(OC(F)(F)F)cc2)cn1.OC(c1cncnc1)(c1ccc(-c2ccc(OC(F)(F)F)cc2)cn1)c1ccc(F)cc1F. The molecule has 1 unspecified atom stereocenters. The first kappa shape index (κ1) is 40.5. The third kappa shape index (κ3) is 9.96. The molecule has 4 aromatic heterocycles. The van der Waals surface area contributed by atoms with Crippen LogP contribution < -0.4 is 9.47 Å². The van der Waals surface area contributed by atoms with Crippen LogP contribution in [0.5, 0.6) is 11.5 Å². The van der Waals surface area contributed by atoms with Crippen molar-refractivity contribution in [3.8, 4) is 33.8 Å². The number of ketones is 1. The summed E-state index contributed by atoms with van der Waals surface area (Å²) in [5.74, 6) is -2.81. The fourth-order valence-corrected chi connectivity index (χ4v) is 5.45. The molecular weight excluding hydrogens is 780 g/mol. The Balaban J connectivity index is 0.000000203. The standard InChI is InChI=1S/C23H14F5N3O2.C17H10F3N3O2/c24-17-4-7-19(20(25)9-17)22(32,16-11-29-13-30-12-16)21-8-3-15(10-31-21)14-1-5-18(6-2-14)33-23(26,27)28;18-17(19,20)25-14-4-1-11(2-5-14)12-3-6-15(23-9-12)16(24)13-7-21-10-22-8-13/h1-13,32H;1-10H. The number of hydrogen-bond donors (Lipinski definition) is 1. The van der Waals surface area contributed by atoms with Gasteiger partial charge in [-0.05, 0) is 59.7 Å². The van der Waals surface area contributed by atoms with Gasteiger partial charge in [-0.15, -0.1) is 26.3 Å². The van der Waals surface area contributed by atoms with E-state index < -0.39 is 30.0 Å². The topological polar surface area (TPSA) is 133 Å². The Labute approximate surface area is 322 Å². The normalized spacial score (nSPS) is 12.4. The highest BCUT2D eigenvalue weighted by molar-refractivity contribution is 6.07. The minimum atomic E-state index is -4.80. The molecule has 4 heterocycles. The van der Waals surface area contributed by atoms with Crippen molar-refractivity contribution >= 4 is 5.78 Å². The van der Waals surface area contributed by atoms with Crippen LogP contribution in [-0.2, 0) is 5.60 Å². The van der Waals surface area contributed by atoms with Gasteiger partial charge < -0.3 is 14.6 Å². The molecule has 1 atom stereocenters. The van der Waals surface area contributed by atoms with Gasteiger partial charge in [0.25, 0.3) is 0 Å². The highest BCUT2D eigenvalue weighted by atomic mass is 19.4. The van der Waals surface area contributed by atoms with Crippen LogP contribution in [0.15, 0.2) is 141 Å². The molecule has 0 spiro atoms. The van der Waals surface area contributed by atoms with Crippen molar-refractivity contribution < 1.29 is 54.5 Å². The number of carbonyl (C=O) groups excluding carboxylic acids is 1. The van der Waals surface area contributed by atoms with E-state index in [4.69, 9.17) is 0 Å². The average Bonchev–Trinajstić information content (AvgIpc) is 3.21. The van der Waals surface area contributed by atoms with Gasteiger partial charge in [-0.3, -0.25) is 14.8 Å². The van der Waals surface area contributed by atoms with Crippen LogP contribution in [0, 0.1) is 11.6 Å². The average molecular weight is 805 g/mol. The van der Waals surface area contributed by atoms with Gasteiger partial charge in [0.05, 0.1) is 11.3 Å². The minimum Gasteiger partial charge on any atom is -0.406 e. The monoisotopic (exact) mass is 804 g/mol. The molecule has 0 radical (unpaired) electrons. The zero-order valence-corrected chi connectivity index (χ0v) is 29.2. The second-order valence-corrected chi connectivity index (χ2v) is 11.9. The lowest BCUT2D eigenvalue weighted by Crippen LogP contribution is -2.31. The van der Waals surface area contributed by atoms with Gasteiger partial charge in [-0.1, -0.05) is 36.4 Å². The van der Waals surface area contributed by atoms with Crippen LogP contribution in [-0.4, -0.2) is 53.5 Å². The Morgan fingerprint density at radius 1 is 0.552 bits per heavy atom. The number of carbonyl (C=O) groups is 1. The number of alkyl halides is 6. The van der Waals surface area contributed by atoms with Crippen LogP contribution in [0.2, 0.25) is 0 Å². The maximum absolute atomic E-state index is 14.7. The first-order valence-corrected chi connectivity index (χ1v) is 16.5. The number of pyridine rings is 2. The molecule has 0 saturated heterocycles. The second-order valence-electron chi connectivity index (χ2n) is 11.9. The summed E-state index contributed by atoms with van der Waals surface area (Å²) >= 11 is 0. The van der Waals surface area contributed by atoms with E-state index in [1.54, 1.807) is 12.1 Å². The number of hydrogen-bond acceptors (Lipinski definition) is 10. The van der Waals surface area contributed by atoms with Crippen LogP contribution in [0.25, 0.3) is 22.3 Å². The van der Waals surface area contributed by atoms with Gasteiger partial charge in [0.1, 0.15) is 41.5 Å². The van der Waals surface area contributed by atoms with E-state index in [1.807, 2.05) is 0 Å². The molecule has 7 rings (SSSR count). The molecular formula is C40H24F8N6O4. The molecule has 294 valence electrons. The Bertz CT molecular complexity index is 2460. The first-order valence-electron chi connectivity index (χ1n) is 16.5. The molecule has 0 aliphatic carbocycles. The summed E-state index contributed by atoms with van der Waals surface area (Å²) < 4.78 is 109. The molecule has 0 aliphatic heterocycles. The van der Waals surface area contributed by atoms with E-state index in [9.17, 15) is 45.0 Å². The highest BCUT2D eigenvalue weighted by Gasteiger charge is 2.39. The fourth-order valence-electron chi connectivity index (χ4n) is 5.45. The number of rotatable bonds is 9. The lowest BCUT2D eigenvalue weighted by atomic mass is 9.84. The summed E-state index contributed by atoms with van der Waals surface area (Å²) in [5, 5.41) is 11.6. The maximum Gasteiger partial charge on any atom is 0.573 e. The Morgan fingerprint density at radius 3 is 1.48 bits per heavy atom. The predicted molar refractivity (Wildman–Crippen MR) is 189 cm³/mol. The summed E-state index contributed by atoms with van der Waals surface area (Å²) in [5.41, 5.74) is 0.588. The molecule has 7 aromatic rings. The van der Waals surface area contributed by atoms with Gasteiger partial charge in [-0.2, -0.15) is 0 Å². The molecule has 0 amide bonds. The van der Waals surface area contributed by atoms with Crippen molar-refractivity contribution in [1.82, 2.24) is 29.9 Å². The lowest BCUT2D eigenvalue weighted by molar-refractivity contribution is -0.275. The smallest absolute Gasteiger partial charge is 0.406 e. The molecule has 0 saturated carbocycles. The molecule has 0 fully saturated rings. The highest BCUT2D eigenvalue weighted by Crippen LogP contribution is 2.37. The second kappa shape index (κ2) is 16.9. The van der Waals surface area contributed by atoms with E-state index in [2.05, 4.69) is 39.4 Å². The van der Waals surface area contributed by atoms with Gasteiger partial charge >= 0.3 is 12.7 Å². The fraction of sp³-hybridized carbons (Fsp3) is 0.0750. The molecule has 1 N–H and O–H groups in total. The minimum absolute atomic E-state index is 0.00332. The van der Waals surface area contributed by atoms with E-state index in [1.165, 1.54) is 98.4 Å². The number of halogens is 8. The zero-order chi connectivity index (χ0) is 41.5. The van der Waals surface area contributed by atoms with Gasteiger partial charge in [0, 0.05) is 65.5 Å². The van der Waals surface area contributed by atoms with Crippen molar-refractivity contribution in [1.29, 1.82) is 0 Å².